The summed E-state index contributed by atoms with van der Waals surface area (Å²) in [5.74, 6) is -1.03. The van der Waals surface area contributed by atoms with Crippen LogP contribution in [0.15, 0.2) is 36.8 Å². The maximum Gasteiger partial charge on any atom is 0.354 e. The molecule has 0 aliphatic rings. The fraction of sp³-hybridized carbons (Fsp3) is 0.133. The van der Waals surface area contributed by atoms with Gasteiger partial charge in [-0.05, 0) is 36.2 Å². The Hall–Kier alpha value is -2.69. The number of aromatic nitrogens is 3. The molecule has 0 aliphatic heterocycles. The Morgan fingerprint density at radius 1 is 1.30 bits per heavy atom. The van der Waals surface area contributed by atoms with E-state index in [1.807, 2.05) is 36.9 Å². The van der Waals surface area contributed by atoms with Crippen molar-refractivity contribution in [2.24, 2.45) is 7.05 Å². The number of aryl methyl sites for hydroxylation is 2. The Bertz CT molecular complexity index is 821. The number of hydrogen-bond donors (Lipinski definition) is 1. The summed E-state index contributed by atoms with van der Waals surface area (Å²) >= 11 is 0. The van der Waals surface area contributed by atoms with Crippen molar-refractivity contribution >= 4 is 17.0 Å². The predicted octanol–water partition coefficient (Wildman–Crippen LogP) is 2.64. The Morgan fingerprint density at radius 2 is 2.10 bits per heavy atom. The van der Waals surface area contributed by atoms with Crippen LogP contribution in [0.4, 0.5) is 0 Å². The number of rotatable bonds is 2. The Kier molecular flexibility index (Phi) is 2.75. The van der Waals surface area contributed by atoms with Crippen LogP contribution >= 0.6 is 0 Å². The molecule has 0 radical (unpaired) electrons. The van der Waals surface area contributed by atoms with Gasteiger partial charge in [0, 0.05) is 36.6 Å². The Morgan fingerprint density at radius 3 is 2.80 bits per heavy atom. The molecule has 1 N–H and O–H groups in total. The average molecular weight is 267 g/mol. The molecule has 20 heavy (non-hydrogen) atoms. The summed E-state index contributed by atoms with van der Waals surface area (Å²) < 4.78 is 1.82. The van der Waals surface area contributed by atoms with Crippen LogP contribution in [0.5, 0.6) is 0 Å². The van der Waals surface area contributed by atoms with Gasteiger partial charge in [0.05, 0.1) is 0 Å². The molecule has 0 saturated heterocycles. The first-order valence-electron chi connectivity index (χ1n) is 6.18. The normalized spacial score (nSPS) is 10.9. The monoisotopic (exact) mass is 267 g/mol. The van der Waals surface area contributed by atoms with Crippen molar-refractivity contribution in [1.82, 2.24) is 14.5 Å². The third-order valence-corrected chi connectivity index (χ3v) is 3.39. The van der Waals surface area contributed by atoms with Crippen LogP contribution in [0.25, 0.3) is 22.2 Å². The van der Waals surface area contributed by atoms with Crippen molar-refractivity contribution in [3.63, 3.8) is 0 Å². The second-order valence-electron chi connectivity index (χ2n) is 4.71. The molecule has 0 amide bonds. The lowest BCUT2D eigenvalue weighted by atomic mass is 10.0. The van der Waals surface area contributed by atoms with Gasteiger partial charge in [0.2, 0.25) is 0 Å². The van der Waals surface area contributed by atoms with Gasteiger partial charge in [-0.1, -0.05) is 0 Å². The van der Waals surface area contributed by atoms with Gasteiger partial charge < -0.3 is 9.67 Å². The molecule has 0 spiro atoms. The van der Waals surface area contributed by atoms with Crippen LogP contribution in [-0.4, -0.2) is 25.6 Å². The van der Waals surface area contributed by atoms with E-state index in [2.05, 4.69) is 9.97 Å². The maximum absolute atomic E-state index is 11.3. The molecular weight excluding hydrogens is 254 g/mol. The highest BCUT2D eigenvalue weighted by molar-refractivity contribution is 5.98. The SMILES string of the molecule is Cc1ccncc1-c1cc(C(=O)O)nc2c1ccn2C. The number of carboxylic acids is 1. The highest BCUT2D eigenvalue weighted by Crippen LogP contribution is 2.30. The highest BCUT2D eigenvalue weighted by Gasteiger charge is 2.15. The van der Waals surface area contributed by atoms with Crippen LogP contribution in [0, 0.1) is 6.92 Å². The van der Waals surface area contributed by atoms with Gasteiger partial charge >= 0.3 is 5.97 Å². The predicted molar refractivity (Wildman–Crippen MR) is 75.6 cm³/mol. The largest absolute Gasteiger partial charge is 0.477 e. The van der Waals surface area contributed by atoms with Gasteiger partial charge in [-0.25, -0.2) is 9.78 Å². The number of fused-ring (bicyclic) bond motifs is 1. The molecule has 0 bridgehead atoms. The summed E-state index contributed by atoms with van der Waals surface area (Å²) in [5, 5.41) is 10.2. The second-order valence-corrected chi connectivity index (χ2v) is 4.71. The third-order valence-electron chi connectivity index (χ3n) is 3.39. The van der Waals surface area contributed by atoms with Crippen LogP contribution in [0.2, 0.25) is 0 Å². The zero-order valence-corrected chi connectivity index (χ0v) is 11.2. The van der Waals surface area contributed by atoms with Gasteiger partial charge in [-0.3, -0.25) is 4.98 Å². The van der Waals surface area contributed by atoms with E-state index in [0.717, 1.165) is 22.1 Å². The van der Waals surface area contributed by atoms with E-state index in [9.17, 15) is 9.90 Å². The van der Waals surface area contributed by atoms with E-state index < -0.39 is 5.97 Å². The number of hydrogen-bond acceptors (Lipinski definition) is 3. The molecule has 3 heterocycles. The minimum Gasteiger partial charge on any atom is -0.477 e. The van der Waals surface area contributed by atoms with Crippen molar-refractivity contribution in [3.05, 3.63) is 48.0 Å². The molecule has 3 aromatic rings. The molecule has 0 saturated carbocycles. The molecule has 0 aromatic carbocycles. The lowest BCUT2D eigenvalue weighted by molar-refractivity contribution is 0.0691. The Balaban J connectivity index is 2.40. The molecule has 0 unspecified atom stereocenters. The molecule has 5 nitrogen and oxygen atoms in total. The number of pyridine rings is 2. The molecular formula is C15H13N3O2. The van der Waals surface area contributed by atoms with Gasteiger partial charge in [0.15, 0.2) is 5.69 Å². The van der Waals surface area contributed by atoms with Crippen molar-refractivity contribution in [1.29, 1.82) is 0 Å². The smallest absolute Gasteiger partial charge is 0.354 e. The molecule has 3 aromatic heterocycles. The average Bonchev–Trinajstić information content (AvgIpc) is 2.80. The van der Waals surface area contributed by atoms with Crippen molar-refractivity contribution in [2.45, 2.75) is 6.92 Å². The minimum absolute atomic E-state index is 0.0394. The van der Waals surface area contributed by atoms with E-state index in [0.29, 0.717) is 5.65 Å². The lowest BCUT2D eigenvalue weighted by Gasteiger charge is -2.08. The lowest BCUT2D eigenvalue weighted by Crippen LogP contribution is -2.03. The van der Waals surface area contributed by atoms with Crippen LogP contribution in [-0.2, 0) is 7.05 Å². The van der Waals surface area contributed by atoms with Gasteiger partial charge in [-0.15, -0.1) is 0 Å². The first-order valence-corrected chi connectivity index (χ1v) is 6.18. The fourth-order valence-electron chi connectivity index (χ4n) is 2.31. The molecule has 0 fully saturated rings. The van der Waals surface area contributed by atoms with E-state index >= 15 is 0 Å². The van der Waals surface area contributed by atoms with Gasteiger partial charge in [-0.2, -0.15) is 0 Å². The number of carbonyl (C=O) groups is 1. The zero-order valence-electron chi connectivity index (χ0n) is 11.2. The second kappa shape index (κ2) is 4.45. The van der Waals surface area contributed by atoms with Gasteiger partial charge in [0.1, 0.15) is 5.65 Å². The summed E-state index contributed by atoms with van der Waals surface area (Å²) in [6.07, 6.45) is 5.35. The molecule has 100 valence electrons. The van der Waals surface area contributed by atoms with E-state index in [1.54, 1.807) is 18.5 Å². The maximum atomic E-state index is 11.3. The van der Waals surface area contributed by atoms with Crippen LogP contribution < -0.4 is 0 Å². The summed E-state index contributed by atoms with van der Waals surface area (Å²) in [5.41, 5.74) is 3.51. The van der Waals surface area contributed by atoms with Crippen LogP contribution in [0.3, 0.4) is 0 Å². The quantitative estimate of drug-likeness (QED) is 0.775. The first kappa shape index (κ1) is 12.3. The van der Waals surface area contributed by atoms with E-state index in [4.69, 9.17) is 0 Å². The van der Waals surface area contributed by atoms with Crippen molar-refractivity contribution < 1.29 is 9.90 Å². The standard InChI is InChI=1S/C15H13N3O2/c1-9-3-5-16-8-12(9)11-7-13(15(19)20)17-14-10(11)4-6-18(14)2/h3-8H,1-2H3,(H,19,20). The molecule has 0 aliphatic carbocycles. The highest BCUT2D eigenvalue weighted by atomic mass is 16.4. The molecule has 3 rings (SSSR count). The van der Waals surface area contributed by atoms with E-state index in [1.165, 1.54) is 0 Å². The van der Waals surface area contributed by atoms with E-state index in [-0.39, 0.29) is 5.69 Å². The van der Waals surface area contributed by atoms with Crippen molar-refractivity contribution in [2.75, 3.05) is 0 Å². The fourth-order valence-corrected chi connectivity index (χ4v) is 2.31. The summed E-state index contributed by atoms with van der Waals surface area (Å²) in [6, 6.07) is 5.45. The number of aromatic carboxylic acids is 1. The topological polar surface area (TPSA) is 68.0 Å². The minimum atomic E-state index is -1.03. The summed E-state index contributed by atoms with van der Waals surface area (Å²) in [4.78, 5) is 19.6. The third kappa shape index (κ3) is 1.84. The number of carboxylic acid groups (broad SMARTS) is 1. The molecule has 0 atom stereocenters. The Labute approximate surface area is 115 Å². The molecule has 5 heteroatoms. The van der Waals surface area contributed by atoms with Crippen molar-refractivity contribution in [3.8, 4) is 11.1 Å². The number of nitrogens with zero attached hydrogens (tertiary/aromatic N) is 3. The first-order chi connectivity index (χ1) is 9.58. The zero-order chi connectivity index (χ0) is 14.3. The summed E-state index contributed by atoms with van der Waals surface area (Å²) in [6.45, 7) is 1.98. The van der Waals surface area contributed by atoms with Gasteiger partial charge in [0.25, 0.3) is 0 Å². The van der Waals surface area contributed by atoms with Crippen LogP contribution in [0.1, 0.15) is 16.1 Å². The summed E-state index contributed by atoms with van der Waals surface area (Å²) in [7, 11) is 1.85.